The molecule has 2 heterocycles. The Hall–Kier alpha value is -2.78. The summed E-state index contributed by atoms with van der Waals surface area (Å²) in [6.07, 6.45) is 0.419. The van der Waals surface area contributed by atoms with Crippen LogP contribution in [0.25, 0.3) is 0 Å². The third-order valence-corrected chi connectivity index (χ3v) is 6.40. The number of carbonyl (C=O) groups excluding carboxylic acids is 3. The predicted octanol–water partition coefficient (Wildman–Crippen LogP) is 1.85. The van der Waals surface area contributed by atoms with Crippen molar-refractivity contribution in [2.75, 3.05) is 45.9 Å². The molecule has 1 aromatic carbocycles. The van der Waals surface area contributed by atoms with Crippen molar-refractivity contribution >= 4 is 29.1 Å². The third kappa shape index (κ3) is 7.36. The fourth-order valence-corrected chi connectivity index (χ4v) is 4.41. The standard InChI is InChI=1S/C24H32N4O4S/c1-3-26(4-2)24(31)16-32-21-13-27(11-10-19-8-6-5-7-9-19)23(30)15-28(14-21)22(29)12-20-17-33-18-25-20/h5-9,17-18,21H,3-4,10-16H2,1-2H3. The molecule has 1 unspecified atom stereocenters. The zero-order valence-corrected chi connectivity index (χ0v) is 20.1. The topological polar surface area (TPSA) is 83.0 Å². The Labute approximate surface area is 199 Å². The van der Waals surface area contributed by atoms with Crippen molar-refractivity contribution < 1.29 is 19.1 Å². The average Bonchev–Trinajstić information content (AvgIpc) is 3.27. The second-order valence-electron chi connectivity index (χ2n) is 8.01. The summed E-state index contributed by atoms with van der Waals surface area (Å²) in [5.41, 5.74) is 3.52. The maximum absolute atomic E-state index is 13.0. The summed E-state index contributed by atoms with van der Waals surface area (Å²) < 4.78 is 5.96. The summed E-state index contributed by atoms with van der Waals surface area (Å²) in [6, 6.07) is 9.97. The second kappa shape index (κ2) is 12.5. The fraction of sp³-hybridized carbons (Fsp3) is 0.500. The van der Waals surface area contributed by atoms with Gasteiger partial charge < -0.3 is 19.4 Å². The van der Waals surface area contributed by atoms with Gasteiger partial charge in [-0.1, -0.05) is 30.3 Å². The van der Waals surface area contributed by atoms with Crippen molar-refractivity contribution in [2.45, 2.75) is 32.8 Å². The SMILES string of the molecule is CCN(CC)C(=O)COC1CN(CCc2ccccc2)C(=O)CN(C(=O)Cc2cscn2)C1. The second-order valence-corrected chi connectivity index (χ2v) is 8.72. The molecule has 0 bridgehead atoms. The van der Waals surface area contributed by atoms with Crippen LogP contribution < -0.4 is 0 Å². The quantitative estimate of drug-likeness (QED) is 0.527. The summed E-state index contributed by atoms with van der Waals surface area (Å²) in [5.74, 6) is -0.367. The van der Waals surface area contributed by atoms with Crippen molar-refractivity contribution in [3.63, 3.8) is 0 Å². The van der Waals surface area contributed by atoms with Gasteiger partial charge in [0.25, 0.3) is 0 Å². The van der Waals surface area contributed by atoms with Crippen LogP contribution in [0.15, 0.2) is 41.2 Å². The van der Waals surface area contributed by atoms with Crippen LogP contribution >= 0.6 is 11.3 Å². The number of hydrogen-bond donors (Lipinski definition) is 0. The number of benzene rings is 1. The average molecular weight is 473 g/mol. The van der Waals surface area contributed by atoms with Crippen molar-refractivity contribution in [1.82, 2.24) is 19.7 Å². The minimum atomic E-state index is -0.439. The van der Waals surface area contributed by atoms with Crippen LogP contribution in [0.4, 0.5) is 0 Å². The number of hydrogen-bond acceptors (Lipinski definition) is 6. The Morgan fingerprint density at radius 1 is 1.18 bits per heavy atom. The lowest BCUT2D eigenvalue weighted by molar-refractivity contribution is -0.139. The minimum absolute atomic E-state index is 0.00160. The first-order valence-corrected chi connectivity index (χ1v) is 12.3. The summed E-state index contributed by atoms with van der Waals surface area (Å²) in [5, 5.41) is 1.83. The van der Waals surface area contributed by atoms with E-state index in [0.717, 1.165) is 5.56 Å². The van der Waals surface area contributed by atoms with Crippen LogP contribution in [-0.4, -0.2) is 89.4 Å². The van der Waals surface area contributed by atoms with Crippen molar-refractivity contribution in [3.05, 3.63) is 52.5 Å². The maximum atomic E-state index is 13.0. The highest BCUT2D eigenvalue weighted by molar-refractivity contribution is 7.07. The lowest BCUT2D eigenvalue weighted by Gasteiger charge is -2.26. The molecule has 8 nitrogen and oxygen atoms in total. The number of thiazole rings is 1. The molecule has 1 aliphatic heterocycles. The van der Waals surface area contributed by atoms with E-state index < -0.39 is 6.10 Å². The van der Waals surface area contributed by atoms with Crippen LogP contribution in [0.1, 0.15) is 25.1 Å². The normalized spacial score (nSPS) is 16.5. The smallest absolute Gasteiger partial charge is 0.248 e. The van der Waals surface area contributed by atoms with Gasteiger partial charge in [0.15, 0.2) is 0 Å². The van der Waals surface area contributed by atoms with E-state index in [0.29, 0.717) is 38.3 Å². The molecule has 1 aliphatic rings. The van der Waals surface area contributed by atoms with Gasteiger partial charge in [-0.25, -0.2) is 4.98 Å². The van der Waals surface area contributed by atoms with E-state index in [1.807, 2.05) is 49.6 Å². The molecule has 1 saturated heterocycles. The molecule has 0 radical (unpaired) electrons. The first-order chi connectivity index (χ1) is 16.0. The molecular weight excluding hydrogens is 440 g/mol. The van der Waals surface area contributed by atoms with Crippen molar-refractivity contribution in [1.29, 1.82) is 0 Å². The molecule has 1 fully saturated rings. The van der Waals surface area contributed by atoms with Gasteiger partial charge in [-0.3, -0.25) is 14.4 Å². The molecule has 2 aromatic rings. The highest BCUT2D eigenvalue weighted by Gasteiger charge is 2.31. The third-order valence-electron chi connectivity index (χ3n) is 5.77. The molecular formula is C24H32N4O4S. The summed E-state index contributed by atoms with van der Waals surface area (Å²) in [4.78, 5) is 47.6. The fourth-order valence-electron chi connectivity index (χ4n) is 3.85. The van der Waals surface area contributed by atoms with E-state index >= 15 is 0 Å². The Bertz CT molecular complexity index is 902. The monoisotopic (exact) mass is 472 g/mol. The zero-order valence-electron chi connectivity index (χ0n) is 19.3. The number of amides is 3. The first kappa shape index (κ1) is 24.9. The van der Waals surface area contributed by atoms with Crippen molar-refractivity contribution in [3.8, 4) is 0 Å². The molecule has 3 amide bonds. The van der Waals surface area contributed by atoms with Gasteiger partial charge in [-0.2, -0.15) is 0 Å². The molecule has 9 heteroatoms. The van der Waals surface area contributed by atoms with Crippen LogP contribution in [-0.2, 0) is 32.0 Å². The summed E-state index contributed by atoms with van der Waals surface area (Å²) in [7, 11) is 0. The molecule has 1 atom stereocenters. The number of rotatable bonds is 10. The molecule has 3 rings (SSSR count). The largest absolute Gasteiger partial charge is 0.365 e. The highest BCUT2D eigenvalue weighted by atomic mass is 32.1. The number of nitrogens with zero attached hydrogens (tertiary/aromatic N) is 4. The van der Waals surface area contributed by atoms with Crippen LogP contribution in [0.3, 0.4) is 0 Å². The van der Waals surface area contributed by atoms with Crippen LogP contribution in [0.2, 0.25) is 0 Å². The maximum Gasteiger partial charge on any atom is 0.248 e. The number of aromatic nitrogens is 1. The van der Waals surface area contributed by atoms with E-state index in [4.69, 9.17) is 4.74 Å². The first-order valence-electron chi connectivity index (χ1n) is 11.4. The number of ether oxygens (including phenoxy) is 1. The molecule has 33 heavy (non-hydrogen) atoms. The minimum Gasteiger partial charge on any atom is -0.365 e. The zero-order chi connectivity index (χ0) is 23.6. The number of carbonyl (C=O) groups is 3. The molecule has 0 spiro atoms. The molecule has 0 N–H and O–H groups in total. The summed E-state index contributed by atoms with van der Waals surface area (Å²) >= 11 is 1.43. The highest BCUT2D eigenvalue weighted by Crippen LogP contribution is 2.13. The molecule has 0 saturated carbocycles. The van der Waals surface area contributed by atoms with Crippen LogP contribution in [0.5, 0.6) is 0 Å². The van der Waals surface area contributed by atoms with Crippen LogP contribution in [0, 0.1) is 0 Å². The van der Waals surface area contributed by atoms with E-state index in [2.05, 4.69) is 4.98 Å². The number of likely N-dealkylation sites (N-methyl/N-ethyl adjacent to an activating group) is 1. The van der Waals surface area contributed by atoms with Gasteiger partial charge in [-0.05, 0) is 25.8 Å². The Morgan fingerprint density at radius 2 is 1.94 bits per heavy atom. The lowest BCUT2D eigenvalue weighted by atomic mass is 10.1. The molecule has 0 aliphatic carbocycles. The van der Waals surface area contributed by atoms with Gasteiger partial charge in [0.1, 0.15) is 6.61 Å². The Morgan fingerprint density at radius 3 is 2.61 bits per heavy atom. The Kier molecular flexibility index (Phi) is 9.38. The van der Waals surface area contributed by atoms with Gasteiger partial charge in [0.05, 0.1) is 30.3 Å². The van der Waals surface area contributed by atoms with Crippen molar-refractivity contribution in [2.24, 2.45) is 0 Å². The summed E-state index contributed by atoms with van der Waals surface area (Å²) in [6.45, 7) is 6.15. The van der Waals surface area contributed by atoms with Gasteiger partial charge >= 0.3 is 0 Å². The van der Waals surface area contributed by atoms with E-state index in [-0.39, 0.29) is 43.8 Å². The molecule has 1 aromatic heterocycles. The van der Waals surface area contributed by atoms with Gasteiger partial charge in [0.2, 0.25) is 17.7 Å². The van der Waals surface area contributed by atoms with Gasteiger partial charge in [-0.15, -0.1) is 11.3 Å². The predicted molar refractivity (Wildman–Crippen MR) is 127 cm³/mol. The van der Waals surface area contributed by atoms with E-state index in [9.17, 15) is 14.4 Å². The molecule has 178 valence electrons. The Balaban J connectivity index is 1.68. The van der Waals surface area contributed by atoms with Gasteiger partial charge in [0, 0.05) is 38.1 Å². The lowest BCUT2D eigenvalue weighted by Crippen LogP contribution is -2.42. The van der Waals surface area contributed by atoms with E-state index in [1.165, 1.54) is 16.2 Å². The van der Waals surface area contributed by atoms with E-state index in [1.54, 1.807) is 15.3 Å².